The Morgan fingerprint density at radius 1 is 1.21 bits per heavy atom. The highest BCUT2D eigenvalue weighted by atomic mass is 35.7. The van der Waals surface area contributed by atoms with Gasteiger partial charge in [-0.15, -0.1) is 0 Å². The van der Waals surface area contributed by atoms with Crippen molar-refractivity contribution in [2.75, 3.05) is 0 Å². The summed E-state index contributed by atoms with van der Waals surface area (Å²) >= 11 is 6.09. The van der Waals surface area contributed by atoms with Crippen LogP contribution in [0.2, 0.25) is 0 Å². The van der Waals surface area contributed by atoms with Crippen LogP contribution in [-0.2, 0) is 0 Å². The van der Waals surface area contributed by atoms with Gasteiger partial charge in [0.15, 0.2) is 17.0 Å². The van der Waals surface area contributed by atoms with Gasteiger partial charge in [-0.3, -0.25) is 0 Å². The molecule has 1 aromatic rings. The predicted molar refractivity (Wildman–Crippen MR) is 61.0 cm³/mol. The predicted octanol–water partition coefficient (Wildman–Crippen LogP) is 5.35. The van der Waals surface area contributed by atoms with E-state index >= 15 is 0 Å². The maximum Gasteiger partial charge on any atom is 0.356 e. The molecule has 1 aliphatic rings. The van der Waals surface area contributed by atoms with Gasteiger partial charge in [-0.25, -0.2) is 0 Å². The van der Waals surface area contributed by atoms with Gasteiger partial charge in [0.1, 0.15) is 5.75 Å². The molecule has 1 atom stereocenters. The van der Waals surface area contributed by atoms with Crippen molar-refractivity contribution in [3.8, 4) is 5.75 Å². The molecular formula is C6H5ClN3OP3. The highest BCUT2D eigenvalue weighted by Gasteiger charge is 2.18. The van der Waals surface area contributed by atoms with E-state index in [1.165, 1.54) is 0 Å². The Morgan fingerprint density at radius 2 is 2.00 bits per heavy atom. The molecule has 0 bridgehead atoms. The monoisotopic (exact) mass is 263 g/mol. The van der Waals surface area contributed by atoms with E-state index < -0.39 is 6.78 Å². The van der Waals surface area contributed by atoms with Crippen molar-refractivity contribution in [2.24, 2.45) is 13.5 Å². The van der Waals surface area contributed by atoms with Crippen molar-refractivity contribution in [3.63, 3.8) is 0 Å². The molecule has 4 nitrogen and oxygen atoms in total. The SMILES string of the molecule is ClP1(Oc2ccccc2)=NP=NP=N1. The fourth-order valence-corrected chi connectivity index (χ4v) is 4.62. The number of hydrogen-bond acceptors (Lipinski definition) is 4. The smallest absolute Gasteiger partial charge is 0.356 e. The quantitative estimate of drug-likeness (QED) is 0.663. The summed E-state index contributed by atoms with van der Waals surface area (Å²) < 4.78 is 17.5. The standard InChI is InChI=1S/C6H5ClN3OP3/c7-14(9-12-8-13-10-14)11-6-4-2-1-3-5-6/h1-5H. The third kappa shape index (κ3) is 2.62. The normalized spacial score (nSPS) is 26.6. The van der Waals surface area contributed by atoms with Crippen LogP contribution in [0.15, 0.2) is 43.9 Å². The first kappa shape index (κ1) is 10.3. The first-order valence-electron chi connectivity index (χ1n) is 3.67. The van der Waals surface area contributed by atoms with E-state index in [-0.39, 0.29) is 0 Å². The molecule has 0 amide bonds. The molecule has 0 saturated carbocycles. The van der Waals surface area contributed by atoms with E-state index in [0.29, 0.717) is 22.8 Å². The number of nitrogens with zero attached hydrogens (tertiary/aromatic N) is 3. The van der Waals surface area contributed by atoms with E-state index in [2.05, 4.69) is 13.5 Å². The largest absolute Gasteiger partial charge is 0.430 e. The molecule has 2 rings (SSSR count). The number of hydrogen-bond donors (Lipinski definition) is 0. The van der Waals surface area contributed by atoms with Gasteiger partial charge in [0, 0.05) is 0 Å². The van der Waals surface area contributed by atoms with E-state index in [0.717, 1.165) is 0 Å². The number of para-hydroxylation sites is 1. The number of rotatable bonds is 2. The maximum atomic E-state index is 6.09. The summed E-state index contributed by atoms with van der Waals surface area (Å²) in [4.78, 5) is 0. The summed E-state index contributed by atoms with van der Waals surface area (Å²) in [6.07, 6.45) is 0. The van der Waals surface area contributed by atoms with Crippen LogP contribution in [0.5, 0.6) is 5.75 Å². The van der Waals surface area contributed by atoms with E-state index in [9.17, 15) is 0 Å². The van der Waals surface area contributed by atoms with Crippen LogP contribution in [0, 0.1) is 0 Å². The number of benzene rings is 1. The summed E-state index contributed by atoms with van der Waals surface area (Å²) in [7, 11) is 1.20. The molecule has 0 aromatic heterocycles. The zero-order valence-electron chi connectivity index (χ0n) is 6.86. The van der Waals surface area contributed by atoms with Gasteiger partial charge in [0.25, 0.3) is 0 Å². The molecule has 0 N–H and O–H groups in total. The van der Waals surface area contributed by atoms with Crippen molar-refractivity contribution >= 4 is 35.1 Å². The maximum absolute atomic E-state index is 6.09. The van der Waals surface area contributed by atoms with Crippen molar-refractivity contribution in [2.45, 2.75) is 0 Å². The lowest BCUT2D eigenvalue weighted by Crippen LogP contribution is -1.82. The van der Waals surface area contributed by atoms with Crippen molar-refractivity contribution < 1.29 is 4.52 Å². The van der Waals surface area contributed by atoms with Gasteiger partial charge in [-0.05, 0) is 23.4 Å². The van der Waals surface area contributed by atoms with Gasteiger partial charge in [0.05, 0.1) is 0 Å². The highest BCUT2D eigenvalue weighted by Crippen LogP contribution is 2.62. The Labute approximate surface area is 89.5 Å². The van der Waals surface area contributed by atoms with Crippen LogP contribution in [0.3, 0.4) is 0 Å². The second kappa shape index (κ2) is 4.51. The molecule has 0 aliphatic carbocycles. The zero-order valence-corrected chi connectivity index (χ0v) is 10.3. The molecule has 1 aliphatic heterocycles. The molecule has 0 fully saturated rings. The average Bonchev–Trinajstić information content (AvgIpc) is 2.19. The lowest BCUT2D eigenvalue weighted by molar-refractivity contribution is 0.619. The van der Waals surface area contributed by atoms with Gasteiger partial charge in [-0.2, -0.15) is 13.5 Å². The third-order valence-electron chi connectivity index (χ3n) is 1.35. The van der Waals surface area contributed by atoms with Gasteiger partial charge >= 0.3 is 6.78 Å². The summed E-state index contributed by atoms with van der Waals surface area (Å²) in [5, 5.41) is 0. The highest BCUT2D eigenvalue weighted by molar-refractivity contribution is 7.90. The molecule has 0 radical (unpaired) electrons. The third-order valence-corrected chi connectivity index (χ3v) is 6.26. The minimum Gasteiger partial charge on any atom is -0.430 e. The molecule has 1 unspecified atom stereocenters. The van der Waals surface area contributed by atoms with Crippen LogP contribution in [0.25, 0.3) is 0 Å². The second-order valence-electron chi connectivity index (χ2n) is 2.32. The Bertz CT molecular complexity index is 433. The van der Waals surface area contributed by atoms with Crippen LogP contribution in [-0.4, -0.2) is 0 Å². The molecule has 1 heterocycles. The molecule has 1 aromatic carbocycles. The first-order valence-corrected chi connectivity index (χ1v) is 7.78. The van der Waals surface area contributed by atoms with Gasteiger partial charge in [-0.1, -0.05) is 18.2 Å². The van der Waals surface area contributed by atoms with Crippen LogP contribution < -0.4 is 4.52 Å². The van der Waals surface area contributed by atoms with Gasteiger partial charge in [0.2, 0.25) is 0 Å². The summed E-state index contributed by atoms with van der Waals surface area (Å²) in [5.41, 5.74) is 0. The zero-order chi connectivity index (χ0) is 9.86. The summed E-state index contributed by atoms with van der Waals surface area (Å²) in [6, 6.07) is 9.32. The van der Waals surface area contributed by atoms with E-state index in [1.807, 2.05) is 30.3 Å². The Balaban J connectivity index is 2.23. The fourth-order valence-electron chi connectivity index (χ4n) is 0.822. The van der Waals surface area contributed by atoms with Crippen LogP contribution in [0.1, 0.15) is 0 Å². The second-order valence-corrected chi connectivity index (χ2v) is 7.28. The van der Waals surface area contributed by atoms with E-state index in [4.69, 9.17) is 15.8 Å². The van der Waals surface area contributed by atoms with Crippen molar-refractivity contribution in [1.82, 2.24) is 0 Å². The molecular weight excluding hydrogens is 258 g/mol. The van der Waals surface area contributed by atoms with Gasteiger partial charge < -0.3 is 4.52 Å². The first-order chi connectivity index (χ1) is 6.79. The lowest BCUT2D eigenvalue weighted by Gasteiger charge is -2.12. The fraction of sp³-hybridized carbons (Fsp3) is 0. The molecule has 0 spiro atoms. The van der Waals surface area contributed by atoms with Crippen molar-refractivity contribution in [3.05, 3.63) is 30.3 Å². The lowest BCUT2D eigenvalue weighted by atomic mass is 10.3. The minimum absolute atomic E-state index is 0.599. The number of halogens is 1. The Kier molecular flexibility index (Phi) is 3.30. The summed E-state index contributed by atoms with van der Waals surface area (Å²) in [5.74, 6) is 0.690. The molecule has 8 heteroatoms. The molecule has 72 valence electrons. The Morgan fingerprint density at radius 3 is 2.64 bits per heavy atom. The molecule has 0 saturated heterocycles. The van der Waals surface area contributed by atoms with Crippen molar-refractivity contribution in [1.29, 1.82) is 0 Å². The summed E-state index contributed by atoms with van der Waals surface area (Å²) in [6.45, 7) is -2.48. The average molecular weight is 264 g/mol. The molecule has 14 heavy (non-hydrogen) atoms. The van der Waals surface area contributed by atoms with Crippen LogP contribution in [0.4, 0.5) is 0 Å². The topological polar surface area (TPSA) is 46.3 Å². The van der Waals surface area contributed by atoms with E-state index in [1.54, 1.807) is 0 Å². The minimum atomic E-state index is -2.48. The van der Waals surface area contributed by atoms with Crippen LogP contribution >= 0.6 is 35.1 Å². The Hall–Kier alpha value is -0.260.